The summed E-state index contributed by atoms with van der Waals surface area (Å²) in [6.45, 7) is 0. The molecule has 3 nitrogen and oxygen atoms in total. The van der Waals surface area contributed by atoms with E-state index in [1.54, 1.807) is 0 Å². The van der Waals surface area contributed by atoms with Crippen LogP contribution < -0.4 is 0 Å². The van der Waals surface area contributed by atoms with Gasteiger partial charge in [0.1, 0.15) is 0 Å². The second-order valence-electron chi connectivity index (χ2n) is 3.96. The Morgan fingerprint density at radius 1 is 1.05 bits per heavy atom. The van der Waals surface area contributed by atoms with Gasteiger partial charge in [0.15, 0.2) is 0 Å². The van der Waals surface area contributed by atoms with Crippen molar-refractivity contribution in [2.75, 3.05) is 0 Å². The molecule has 0 saturated heterocycles. The molecule has 0 saturated carbocycles. The molecule has 2 aromatic rings. The van der Waals surface area contributed by atoms with Gasteiger partial charge in [-0.1, -0.05) is 29.8 Å². The van der Waals surface area contributed by atoms with Crippen LogP contribution in [0.1, 0.15) is 5.56 Å². The first kappa shape index (κ1) is 14.3. The van der Waals surface area contributed by atoms with Crippen LogP contribution in [0.2, 0.25) is 5.02 Å². The number of alkyl halides is 3. The van der Waals surface area contributed by atoms with Gasteiger partial charge in [-0.05, 0) is 18.2 Å². The summed E-state index contributed by atoms with van der Waals surface area (Å²) in [5, 5.41) is 11.1. The quantitative estimate of drug-likeness (QED) is 0.583. The van der Waals surface area contributed by atoms with Gasteiger partial charge in [-0.3, -0.25) is 10.1 Å². The van der Waals surface area contributed by atoms with Crippen molar-refractivity contribution in [2.24, 2.45) is 0 Å². The van der Waals surface area contributed by atoms with Crippen molar-refractivity contribution in [3.8, 4) is 11.1 Å². The maximum atomic E-state index is 13.0. The van der Waals surface area contributed by atoms with Crippen LogP contribution in [0, 0.1) is 10.1 Å². The van der Waals surface area contributed by atoms with Crippen molar-refractivity contribution >= 4 is 17.3 Å². The zero-order valence-corrected chi connectivity index (χ0v) is 10.6. The lowest BCUT2D eigenvalue weighted by atomic mass is 9.98. The molecule has 0 aliphatic carbocycles. The van der Waals surface area contributed by atoms with E-state index in [0.29, 0.717) is 0 Å². The first-order chi connectivity index (χ1) is 9.30. The van der Waals surface area contributed by atoms with Crippen LogP contribution in [-0.2, 0) is 6.18 Å². The Bertz CT molecular complexity index is 671. The van der Waals surface area contributed by atoms with Gasteiger partial charge in [0.2, 0.25) is 0 Å². The highest BCUT2D eigenvalue weighted by molar-refractivity contribution is 6.30. The van der Waals surface area contributed by atoms with Crippen molar-refractivity contribution in [3.63, 3.8) is 0 Å². The van der Waals surface area contributed by atoms with Crippen LogP contribution in [0.3, 0.4) is 0 Å². The van der Waals surface area contributed by atoms with Crippen molar-refractivity contribution in [3.05, 3.63) is 63.2 Å². The summed E-state index contributed by atoms with van der Waals surface area (Å²) >= 11 is 5.65. The molecule has 104 valence electrons. The van der Waals surface area contributed by atoms with Crippen molar-refractivity contribution in [1.82, 2.24) is 0 Å². The Balaban J connectivity index is 2.73. The maximum absolute atomic E-state index is 13.0. The highest BCUT2D eigenvalue weighted by Gasteiger charge is 2.34. The molecule has 20 heavy (non-hydrogen) atoms. The molecule has 0 aliphatic rings. The smallest absolute Gasteiger partial charge is 0.258 e. The highest BCUT2D eigenvalue weighted by atomic mass is 35.5. The van der Waals surface area contributed by atoms with E-state index in [0.717, 1.165) is 12.1 Å². The molecule has 0 amide bonds. The fraction of sp³-hybridized carbons (Fsp3) is 0.0769. The Labute approximate surface area is 116 Å². The van der Waals surface area contributed by atoms with E-state index in [-0.39, 0.29) is 16.1 Å². The topological polar surface area (TPSA) is 43.1 Å². The largest absolute Gasteiger partial charge is 0.417 e. The molecule has 7 heteroatoms. The summed E-state index contributed by atoms with van der Waals surface area (Å²) in [6, 6.07) is 8.26. The average Bonchev–Trinajstić information content (AvgIpc) is 2.37. The van der Waals surface area contributed by atoms with Gasteiger partial charge in [0, 0.05) is 16.7 Å². The molecule has 0 radical (unpaired) electrons. The van der Waals surface area contributed by atoms with Crippen LogP contribution in [0.5, 0.6) is 0 Å². The SMILES string of the molecule is O=[N+]([O-])c1cc(Cl)ccc1-c1ccccc1C(F)(F)F. The first-order valence-corrected chi connectivity index (χ1v) is 5.79. The van der Waals surface area contributed by atoms with Crippen molar-refractivity contribution in [1.29, 1.82) is 0 Å². The van der Waals surface area contributed by atoms with Crippen LogP contribution in [0.25, 0.3) is 11.1 Å². The minimum atomic E-state index is -4.59. The van der Waals surface area contributed by atoms with Gasteiger partial charge in [-0.2, -0.15) is 13.2 Å². The number of nitro benzene ring substituents is 1. The summed E-state index contributed by atoms with van der Waals surface area (Å²) in [4.78, 5) is 10.2. The van der Waals surface area contributed by atoms with Gasteiger partial charge in [-0.25, -0.2) is 0 Å². The average molecular weight is 302 g/mol. The number of rotatable bonds is 2. The molecular weight excluding hydrogens is 295 g/mol. The fourth-order valence-electron chi connectivity index (χ4n) is 1.85. The highest BCUT2D eigenvalue weighted by Crippen LogP contribution is 2.40. The lowest BCUT2D eigenvalue weighted by Crippen LogP contribution is -2.07. The third-order valence-electron chi connectivity index (χ3n) is 2.68. The second-order valence-corrected chi connectivity index (χ2v) is 4.40. The standard InChI is InChI=1S/C13H7ClF3NO2/c14-8-5-6-10(12(7-8)18(19)20)9-3-1-2-4-11(9)13(15,16)17/h1-7H. The summed E-state index contributed by atoms with van der Waals surface area (Å²) in [5.74, 6) is 0. The maximum Gasteiger partial charge on any atom is 0.417 e. The monoisotopic (exact) mass is 301 g/mol. The molecule has 0 bridgehead atoms. The molecule has 2 rings (SSSR count). The Kier molecular flexibility index (Phi) is 3.67. The van der Waals surface area contributed by atoms with Crippen LogP contribution in [-0.4, -0.2) is 4.92 Å². The van der Waals surface area contributed by atoms with E-state index in [2.05, 4.69) is 0 Å². The molecule has 0 fully saturated rings. The molecule has 0 aromatic heterocycles. The molecule has 0 aliphatic heterocycles. The van der Waals surface area contributed by atoms with Gasteiger partial charge in [0.25, 0.3) is 5.69 Å². The van der Waals surface area contributed by atoms with Gasteiger partial charge >= 0.3 is 6.18 Å². The van der Waals surface area contributed by atoms with Gasteiger partial charge in [0.05, 0.1) is 16.1 Å². The van der Waals surface area contributed by atoms with E-state index >= 15 is 0 Å². The Morgan fingerprint density at radius 2 is 1.70 bits per heavy atom. The fourth-order valence-corrected chi connectivity index (χ4v) is 2.02. The van der Waals surface area contributed by atoms with E-state index < -0.39 is 22.4 Å². The van der Waals surface area contributed by atoms with Crippen LogP contribution in [0.15, 0.2) is 42.5 Å². The van der Waals surface area contributed by atoms with Gasteiger partial charge in [-0.15, -0.1) is 0 Å². The minimum absolute atomic E-state index is 0.0879. The number of nitrogens with zero attached hydrogens (tertiary/aromatic N) is 1. The molecule has 0 heterocycles. The third kappa shape index (κ3) is 2.75. The van der Waals surface area contributed by atoms with Crippen LogP contribution >= 0.6 is 11.6 Å². The third-order valence-corrected chi connectivity index (χ3v) is 2.91. The summed E-state index contributed by atoms with van der Waals surface area (Å²) in [5.41, 5.74) is -1.75. The Morgan fingerprint density at radius 3 is 2.30 bits per heavy atom. The van der Waals surface area contributed by atoms with Crippen LogP contribution in [0.4, 0.5) is 18.9 Å². The number of halogens is 4. The molecule has 2 aromatic carbocycles. The summed E-state index contributed by atoms with van der Waals surface area (Å²) < 4.78 is 38.9. The van der Waals surface area contributed by atoms with E-state index in [9.17, 15) is 23.3 Å². The molecule has 0 N–H and O–H groups in total. The molecular formula is C13H7ClF3NO2. The van der Waals surface area contributed by atoms with E-state index in [1.807, 2.05) is 0 Å². The number of benzene rings is 2. The zero-order valence-electron chi connectivity index (χ0n) is 9.82. The molecule has 0 spiro atoms. The zero-order chi connectivity index (χ0) is 14.9. The predicted molar refractivity (Wildman–Crippen MR) is 68.5 cm³/mol. The summed E-state index contributed by atoms with van der Waals surface area (Å²) in [6.07, 6.45) is -4.59. The molecule has 0 atom stereocenters. The predicted octanol–water partition coefficient (Wildman–Crippen LogP) is 4.93. The van der Waals surface area contributed by atoms with Gasteiger partial charge < -0.3 is 0 Å². The summed E-state index contributed by atoms with van der Waals surface area (Å²) in [7, 11) is 0. The normalized spacial score (nSPS) is 11.4. The van der Waals surface area contributed by atoms with E-state index in [1.165, 1.54) is 30.3 Å². The number of hydrogen-bond acceptors (Lipinski definition) is 2. The van der Waals surface area contributed by atoms with Crippen molar-refractivity contribution < 1.29 is 18.1 Å². The second kappa shape index (κ2) is 5.13. The number of hydrogen-bond donors (Lipinski definition) is 0. The lowest BCUT2D eigenvalue weighted by molar-refractivity contribution is -0.384. The Hall–Kier alpha value is -2.08. The molecule has 0 unspecified atom stereocenters. The first-order valence-electron chi connectivity index (χ1n) is 5.41. The van der Waals surface area contributed by atoms with E-state index in [4.69, 9.17) is 11.6 Å². The van der Waals surface area contributed by atoms with Crippen molar-refractivity contribution in [2.45, 2.75) is 6.18 Å². The minimum Gasteiger partial charge on any atom is -0.258 e. The number of nitro groups is 1. The lowest BCUT2D eigenvalue weighted by Gasteiger charge is -2.13.